The Balaban J connectivity index is 0.853. The van der Waals surface area contributed by atoms with Crippen molar-refractivity contribution in [1.29, 1.82) is 5.41 Å². The number of nitrogens with two attached hydrogens (primary N) is 1. The van der Waals surface area contributed by atoms with Gasteiger partial charge in [0.05, 0.1) is 17.5 Å². The molecule has 12 rings (SSSR count). The van der Waals surface area contributed by atoms with Crippen molar-refractivity contribution >= 4 is 81.0 Å². The molecule has 31 heteroatoms. The summed E-state index contributed by atoms with van der Waals surface area (Å²) in [7, 11) is -3.08. The first-order valence-electron chi connectivity index (χ1n) is 47.2. The first-order chi connectivity index (χ1) is 66.8. The van der Waals surface area contributed by atoms with E-state index >= 15 is 33.6 Å². The molecular formula is C109H126N14O16S. The SMILES string of the molecule is Cc1c(C)c(S(=O)(=O)NC(=N)NCCC[C@H](NC(=O)[C@H](CCC(=O)NC(c2ccccc2)(c2ccccc2)c2ccccc2)NC(=O)[C@@H]2CCCN2C(=O)[C@H](CCC(=O)NC(c2ccccc2)(c2ccccc2)c2ccccc2)NC(=O)[C@H](Cc2ccccc2)N(C)C(=O)CNC(=O)[C@@H](C)NC(=O)[C@@H](N)Cc2ccc(OC(C)(C)C)cc2)C(=O)N[C@@H](Cc2ccccc2)C(=O)O)c(C)c2c1OC(C)(C)C2. The van der Waals surface area contributed by atoms with E-state index in [0.29, 0.717) is 79.1 Å². The van der Waals surface area contributed by atoms with Crippen LogP contribution < -0.4 is 67.8 Å². The molecule has 10 aromatic rings. The molecule has 140 heavy (non-hydrogen) atoms. The van der Waals surface area contributed by atoms with Crippen molar-refractivity contribution in [3.63, 3.8) is 0 Å². The van der Waals surface area contributed by atoms with Gasteiger partial charge in [-0.1, -0.05) is 255 Å². The number of hydrogen-bond acceptors (Lipinski definition) is 17. The van der Waals surface area contributed by atoms with Crippen LogP contribution in [0.2, 0.25) is 0 Å². The van der Waals surface area contributed by atoms with Crippen LogP contribution in [0.15, 0.2) is 272 Å². The third-order valence-corrected chi connectivity index (χ3v) is 27.0. The Labute approximate surface area is 817 Å². The number of likely N-dealkylation sites (tertiary alicyclic amines) is 1. The Kier molecular flexibility index (Phi) is 34.9. The molecule has 734 valence electrons. The summed E-state index contributed by atoms with van der Waals surface area (Å²) in [6, 6.07) is 67.9. The zero-order chi connectivity index (χ0) is 101. The molecule has 0 aliphatic carbocycles. The zero-order valence-corrected chi connectivity index (χ0v) is 81.4. The topological polar surface area (TPSA) is 437 Å². The molecule has 2 heterocycles. The molecule has 0 unspecified atom stereocenters. The second-order valence-corrected chi connectivity index (χ2v) is 38.9. The number of guanidine groups is 1. The summed E-state index contributed by atoms with van der Waals surface area (Å²) in [5, 5.41) is 45.4. The fraction of sp³-hybridized carbons (Fsp3) is 0.339. The highest BCUT2D eigenvalue weighted by Gasteiger charge is 2.45. The van der Waals surface area contributed by atoms with Crippen LogP contribution in [0.4, 0.5) is 0 Å². The first-order valence-corrected chi connectivity index (χ1v) is 48.7. The number of carboxylic acid groups (broad SMARTS) is 1. The Morgan fingerprint density at radius 1 is 0.521 bits per heavy atom. The second-order valence-electron chi connectivity index (χ2n) is 37.3. The maximum Gasteiger partial charge on any atom is 0.326 e. The molecule has 0 saturated carbocycles. The standard InChI is InChI=1S/C109H126N14O16S/c1-70-71(2)96(72(3)84-68-107(8,9)139-95(70)84)140(136,137)121-105(111)112-63-35-53-86(99(129)118-89(104(134)135)66-74-37-19-11-20-38-74)115-100(130)87(59-61-92(124)119-108(77-41-23-13-24-42-77,78-43-25-14-26-44-78)79-45-27-15-28-46-79)116-101(131)90-54-36-64-123(90)103(133)88(60-62-93(125)120-109(80-47-29-16-30-48-80,81-49-31-17-32-50-81)82-51-33-18-34-52-82)117-102(132)91(67-75-39-21-12-22-40-75)122(10)94(126)69-113-97(127)73(4)114-98(128)85(110)65-76-55-57-83(58-56-76)138-106(5,6)7/h11-34,37-52,55-58,73,85-91H,35-36,53-54,59-69,110H2,1-10H3,(H,113,127)(H,114,128)(H,115,130)(H,116,131)(H,117,132)(H,118,129)(H,119,124)(H,120,125)(H,134,135)(H3,111,112,121)/t73-,85+,86+,87+,88+,89+,90+,91+/m1/s1. The van der Waals surface area contributed by atoms with Gasteiger partial charge in [0.25, 0.3) is 10.0 Å². The first kappa shape index (κ1) is 104. The molecule has 10 aromatic carbocycles. The maximum absolute atomic E-state index is 16.3. The number of aliphatic carboxylic acids is 1. The van der Waals surface area contributed by atoms with Crippen LogP contribution in [0.3, 0.4) is 0 Å². The molecule has 1 fully saturated rings. The number of carboxylic acids is 1. The summed E-state index contributed by atoms with van der Waals surface area (Å²) in [5.41, 5.74) is 10.6. The molecule has 14 N–H and O–H groups in total. The minimum atomic E-state index is -4.43. The normalized spacial score (nSPS) is 14.8. The molecule has 2 aliphatic heterocycles. The number of hydrogen-bond donors (Lipinski definition) is 13. The van der Waals surface area contributed by atoms with Gasteiger partial charge in [-0.2, -0.15) is 0 Å². The van der Waals surface area contributed by atoms with E-state index in [1.165, 1.54) is 18.9 Å². The van der Waals surface area contributed by atoms with E-state index < -0.39 is 184 Å². The number of fused-ring (bicyclic) bond motifs is 1. The minimum Gasteiger partial charge on any atom is -0.488 e. The van der Waals surface area contributed by atoms with Gasteiger partial charge in [0.15, 0.2) is 0 Å². The molecule has 30 nitrogen and oxygen atoms in total. The lowest BCUT2D eigenvalue weighted by atomic mass is 9.77. The van der Waals surface area contributed by atoms with Gasteiger partial charge in [0, 0.05) is 57.8 Å². The van der Waals surface area contributed by atoms with Crippen molar-refractivity contribution in [2.75, 3.05) is 26.7 Å². The molecule has 2 aliphatic rings. The lowest BCUT2D eigenvalue weighted by Gasteiger charge is -2.37. The third kappa shape index (κ3) is 26.5. The summed E-state index contributed by atoms with van der Waals surface area (Å²) in [6.45, 7) is 15.1. The van der Waals surface area contributed by atoms with Gasteiger partial charge < -0.3 is 78.0 Å². The molecule has 0 spiro atoms. The smallest absolute Gasteiger partial charge is 0.326 e. The maximum atomic E-state index is 16.3. The van der Waals surface area contributed by atoms with Crippen LogP contribution in [0, 0.1) is 26.2 Å². The Bertz CT molecular complexity index is 5960. The molecular weight excluding hydrogens is 1790 g/mol. The van der Waals surface area contributed by atoms with E-state index in [9.17, 15) is 32.7 Å². The highest BCUT2D eigenvalue weighted by atomic mass is 32.2. The monoisotopic (exact) mass is 1920 g/mol. The molecule has 0 aromatic heterocycles. The van der Waals surface area contributed by atoms with Crippen LogP contribution in [-0.4, -0.2) is 181 Å². The van der Waals surface area contributed by atoms with Crippen LogP contribution in [0.25, 0.3) is 0 Å². The second kappa shape index (κ2) is 47.0. The Morgan fingerprint density at radius 2 is 0.950 bits per heavy atom. The highest BCUT2D eigenvalue weighted by molar-refractivity contribution is 7.90. The predicted octanol–water partition coefficient (Wildman–Crippen LogP) is 10.4. The van der Waals surface area contributed by atoms with E-state index in [-0.39, 0.29) is 62.9 Å². The number of benzene rings is 10. The van der Waals surface area contributed by atoms with Gasteiger partial charge in [-0.25, -0.2) is 17.9 Å². The van der Waals surface area contributed by atoms with Crippen LogP contribution in [-0.2, 0) is 99.5 Å². The highest BCUT2D eigenvalue weighted by Crippen LogP contribution is 2.45. The zero-order valence-electron chi connectivity index (χ0n) is 80.6. The van der Waals surface area contributed by atoms with E-state index in [1.54, 1.807) is 106 Å². The quantitative estimate of drug-likeness (QED) is 0.00731. The fourth-order valence-corrected chi connectivity index (χ4v) is 19.6. The lowest BCUT2D eigenvalue weighted by molar-refractivity contribution is -0.144. The molecule has 1 saturated heterocycles. The Morgan fingerprint density at radius 3 is 1.41 bits per heavy atom. The largest absolute Gasteiger partial charge is 0.488 e. The van der Waals surface area contributed by atoms with Crippen LogP contribution in [0.1, 0.15) is 165 Å². The van der Waals surface area contributed by atoms with E-state index in [2.05, 4.69) is 52.6 Å². The van der Waals surface area contributed by atoms with Gasteiger partial charge in [-0.05, 0) is 186 Å². The number of sulfonamides is 1. The van der Waals surface area contributed by atoms with Crippen molar-refractivity contribution in [2.45, 2.75) is 215 Å². The van der Waals surface area contributed by atoms with Gasteiger partial charge in [0.1, 0.15) is 76.1 Å². The van der Waals surface area contributed by atoms with Crippen molar-refractivity contribution in [2.24, 2.45) is 5.73 Å². The molecule has 0 radical (unpaired) electrons. The molecule has 8 atom stereocenters. The summed E-state index contributed by atoms with van der Waals surface area (Å²) < 4.78 is 43.2. The molecule has 0 bridgehead atoms. The number of amides is 10. The van der Waals surface area contributed by atoms with Gasteiger partial charge in [0.2, 0.25) is 65.0 Å². The fourth-order valence-electron chi connectivity index (χ4n) is 18.1. The average Bonchev–Trinajstić information content (AvgIpc) is 1.54. The number of rotatable bonds is 43. The molecule has 10 amide bonds. The number of carbonyl (C=O) groups is 11. The van der Waals surface area contributed by atoms with Crippen molar-refractivity contribution in [1.82, 2.24) is 62.4 Å². The number of carbonyl (C=O) groups excluding carboxylic acids is 10. The third-order valence-electron chi connectivity index (χ3n) is 25.3. The summed E-state index contributed by atoms with van der Waals surface area (Å²) in [4.78, 5) is 168. The van der Waals surface area contributed by atoms with Gasteiger partial charge in [-0.3, -0.25) is 53.4 Å². The van der Waals surface area contributed by atoms with Gasteiger partial charge in [-0.15, -0.1) is 0 Å². The van der Waals surface area contributed by atoms with Crippen molar-refractivity contribution in [3.8, 4) is 11.5 Å². The van der Waals surface area contributed by atoms with Gasteiger partial charge >= 0.3 is 5.97 Å². The van der Waals surface area contributed by atoms with Crippen molar-refractivity contribution < 1.29 is 75.7 Å². The van der Waals surface area contributed by atoms with E-state index in [1.807, 2.05) is 217 Å². The lowest BCUT2D eigenvalue weighted by Crippen LogP contribution is -2.60. The van der Waals surface area contributed by atoms with E-state index in [4.69, 9.17) is 20.6 Å². The summed E-state index contributed by atoms with van der Waals surface area (Å²) in [5.74, 6) is -8.93. The minimum absolute atomic E-state index is 0.0231. The number of nitrogens with one attached hydrogen (secondary N) is 11. The number of likely N-dealkylation sites (N-methyl/N-ethyl adjacent to an activating group) is 1. The van der Waals surface area contributed by atoms with Crippen LogP contribution >= 0.6 is 0 Å². The predicted molar refractivity (Wildman–Crippen MR) is 534 cm³/mol. The summed E-state index contributed by atoms with van der Waals surface area (Å²) in [6.07, 6.45) is -2.00. The van der Waals surface area contributed by atoms with Crippen molar-refractivity contribution in [3.05, 3.63) is 339 Å². The number of ether oxygens (including phenoxy) is 2. The Hall–Kier alpha value is -14.9. The van der Waals surface area contributed by atoms with E-state index in [0.717, 1.165) is 16.0 Å². The van der Waals surface area contributed by atoms with Crippen LogP contribution in [0.5, 0.6) is 11.5 Å². The average molecular weight is 1920 g/mol. The summed E-state index contributed by atoms with van der Waals surface area (Å²) >= 11 is 0. The number of nitrogens with zero attached hydrogens (tertiary/aromatic N) is 2.